The number of alkyl halides is 2. The molecule has 2 aliphatic heterocycles. The average Bonchev–Trinajstić information content (AvgIpc) is 3.47. The summed E-state index contributed by atoms with van der Waals surface area (Å²) >= 11 is 0. The van der Waals surface area contributed by atoms with Crippen molar-refractivity contribution < 1.29 is 13.5 Å². The van der Waals surface area contributed by atoms with Crippen molar-refractivity contribution >= 4 is 16.9 Å². The van der Waals surface area contributed by atoms with Crippen LogP contribution in [0.25, 0.3) is 33.7 Å². The molecule has 1 unspecified atom stereocenters. The summed E-state index contributed by atoms with van der Waals surface area (Å²) in [5.41, 5.74) is 4.37. The first kappa shape index (κ1) is 23.9. The van der Waals surface area contributed by atoms with Crippen LogP contribution in [0.5, 0.6) is 0 Å². The van der Waals surface area contributed by atoms with Gasteiger partial charge < -0.3 is 19.9 Å². The molecular weight excluding hydrogens is 478 g/mol. The molecule has 2 N–H and O–H groups in total. The van der Waals surface area contributed by atoms with Crippen LogP contribution in [0.15, 0.2) is 30.6 Å². The lowest BCUT2D eigenvalue weighted by Gasteiger charge is -2.34. The second kappa shape index (κ2) is 9.14. The number of halogens is 2. The molecule has 2 saturated heterocycles. The first-order valence-corrected chi connectivity index (χ1v) is 12.6. The molecular formula is C26H30F2N8O. The number of aromatic amines is 1. The number of hydrogen-bond acceptors (Lipinski definition) is 7. The lowest BCUT2D eigenvalue weighted by Crippen LogP contribution is -2.47. The number of aryl methyl sites for hydroxylation is 1. The van der Waals surface area contributed by atoms with Crippen molar-refractivity contribution in [1.29, 1.82) is 0 Å². The number of anilines is 1. The second-order valence-electron chi connectivity index (χ2n) is 9.88. The first-order valence-electron chi connectivity index (χ1n) is 12.6. The molecule has 0 radical (unpaired) electrons. The third-order valence-corrected chi connectivity index (χ3v) is 7.39. The Balaban J connectivity index is 1.52. The van der Waals surface area contributed by atoms with Gasteiger partial charge in [-0.25, -0.2) is 23.7 Å². The maximum Gasteiger partial charge on any atom is 0.282 e. The van der Waals surface area contributed by atoms with Crippen molar-refractivity contribution in [3.05, 3.63) is 42.0 Å². The fourth-order valence-corrected chi connectivity index (χ4v) is 5.51. The fourth-order valence-electron chi connectivity index (χ4n) is 5.51. The first-order chi connectivity index (χ1) is 17.8. The van der Waals surface area contributed by atoms with Gasteiger partial charge in [0, 0.05) is 47.2 Å². The molecule has 4 aromatic heterocycles. The van der Waals surface area contributed by atoms with Crippen molar-refractivity contribution in [3.8, 4) is 22.6 Å². The third-order valence-electron chi connectivity index (χ3n) is 7.39. The Morgan fingerprint density at radius 1 is 1.19 bits per heavy atom. The molecule has 6 heterocycles. The van der Waals surface area contributed by atoms with E-state index in [1.54, 1.807) is 6.20 Å². The number of nitrogens with one attached hydrogen (secondary N) is 2. The van der Waals surface area contributed by atoms with Crippen LogP contribution in [0.1, 0.15) is 30.8 Å². The van der Waals surface area contributed by atoms with Crippen molar-refractivity contribution in [3.63, 3.8) is 0 Å². The maximum absolute atomic E-state index is 14.9. The SMILES string of the molecule is Cc1nn(C2CCNCC2(F)F)c(C)c1-c1cc(N2CCOC[C@H]2C)nc(-c2ccnc3[nH]ccc23)n1. The lowest BCUT2D eigenvalue weighted by atomic mass is 10.0. The molecule has 9 nitrogen and oxygen atoms in total. The van der Waals surface area contributed by atoms with Crippen LogP contribution in [0, 0.1) is 13.8 Å². The normalized spacial score (nSPS) is 22.0. The van der Waals surface area contributed by atoms with Gasteiger partial charge in [0.25, 0.3) is 5.92 Å². The van der Waals surface area contributed by atoms with Crippen LogP contribution in [0.3, 0.4) is 0 Å². The van der Waals surface area contributed by atoms with E-state index in [1.165, 1.54) is 4.68 Å². The Morgan fingerprint density at radius 2 is 2.05 bits per heavy atom. The van der Waals surface area contributed by atoms with E-state index in [0.717, 1.165) is 28.0 Å². The Labute approximate surface area is 213 Å². The number of ether oxygens (including phenoxy) is 1. The van der Waals surface area contributed by atoms with Gasteiger partial charge in [-0.1, -0.05) is 0 Å². The Hall–Kier alpha value is -3.44. The molecule has 0 saturated carbocycles. The zero-order chi connectivity index (χ0) is 25.7. The van der Waals surface area contributed by atoms with Crippen LogP contribution in [-0.4, -0.2) is 74.5 Å². The summed E-state index contributed by atoms with van der Waals surface area (Å²) in [5.74, 6) is -1.56. The van der Waals surface area contributed by atoms with Gasteiger partial charge in [-0.2, -0.15) is 5.10 Å². The molecule has 0 aliphatic carbocycles. The van der Waals surface area contributed by atoms with E-state index in [-0.39, 0.29) is 12.6 Å². The van der Waals surface area contributed by atoms with E-state index in [2.05, 4.69) is 32.2 Å². The second-order valence-corrected chi connectivity index (χ2v) is 9.88. The van der Waals surface area contributed by atoms with Gasteiger partial charge in [0.1, 0.15) is 17.5 Å². The minimum atomic E-state index is -2.89. The van der Waals surface area contributed by atoms with Crippen LogP contribution < -0.4 is 10.2 Å². The molecule has 194 valence electrons. The number of piperidine rings is 1. The molecule has 0 aromatic carbocycles. The van der Waals surface area contributed by atoms with E-state index in [0.29, 0.717) is 55.6 Å². The van der Waals surface area contributed by atoms with Crippen LogP contribution in [0.2, 0.25) is 0 Å². The smallest absolute Gasteiger partial charge is 0.282 e. The summed E-state index contributed by atoms with van der Waals surface area (Å²) in [6, 6.07) is 4.94. The number of rotatable bonds is 4. The minimum Gasteiger partial charge on any atom is -0.377 e. The molecule has 0 spiro atoms. The summed E-state index contributed by atoms with van der Waals surface area (Å²) in [6.07, 6.45) is 3.88. The highest BCUT2D eigenvalue weighted by Crippen LogP contribution is 2.38. The van der Waals surface area contributed by atoms with E-state index in [9.17, 15) is 8.78 Å². The number of aromatic nitrogens is 6. The third kappa shape index (κ3) is 4.15. The molecule has 0 amide bonds. The highest BCUT2D eigenvalue weighted by atomic mass is 19.3. The molecule has 2 aliphatic rings. The zero-order valence-corrected chi connectivity index (χ0v) is 21.1. The Morgan fingerprint density at radius 3 is 2.86 bits per heavy atom. The predicted molar refractivity (Wildman–Crippen MR) is 137 cm³/mol. The van der Waals surface area contributed by atoms with Gasteiger partial charge >= 0.3 is 0 Å². The van der Waals surface area contributed by atoms with Gasteiger partial charge in [0.15, 0.2) is 5.82 Å². The summed E-state index contributed by atoms with van der Waals surface area (Å²) in [6.45, 7) is 7.90. The van der Waals surface area contributed by atoms with Crippen LogP contribution >= 0.6 is 0 Å². The average molecular weight is 509 g/mol. The highest BCUT2D eigenvalue weighted by molar-refractivity contribution is 5.91. The molecule has 2 fully saturated rings. The number of H-pyrrole nitrogens is 1. The van der Waals surface area contributed by atoms with E-state index in [1.807, 2.05) is 38.2 Å². The zero-order valence-electron chi connectivity index (χ0n) is 21.1. The summed E-state index contributed by atoms with van der Waals surface area (Å²) in [7, 11) is 0. The number of fused-ring (bicyclic) bond motifs is 1. The van der Waals surface area contributed by atoms with Crippen molar-refractivity contribution in [1.82, 2.24) is 35.0 Å². The summed E-state index contributed by atoms with van der Waals surface area (Å²) in [4.78, 5) is 19.7. The summed E-state index contributed by atoms with van der Waals surface area (Å²) < 4.78 is 36.9. The molecule has 0 bridgehead atoms. The van der Waals surface area contributed by atoms with Crippen LogP contribution in [-0.2, 0) is 4.74 Å². The van der Waals surface area contributed by atoms with Gasteiger partial charge in [-0.15, -0.1) is 0 Å². The van der Waals surface area contributed by atoms with Crippen molar-refractivity contribution in [2.24, 2.45) is 0 Å². The van der Waals surface area contributed by atoms with Gasteiger partial charge in [0.05, 0.1) is 37.2 Å². The molecule has 11 heteroatoms. The van der Waals surface area contributed by atoms with E-state index in [4.69, 9.17) is 14.7 Å². The van der Waals surface area contributed by atoms with Crippen molar-refractivity contribution in [2.75, 3.05) is 37.7 Å². The lowest BCUT2D eigenvalue weighted by molar-refractivity contribution is -0.0704. The highest BCUT2D eigenvalue weighted by Gasteiger charge is 2.44. The minimum absolute atomic E-state index is 0.132. The number of nitrogens with zero attached hydrogens (tertiary/aromatic N) is 6. The number of morpholine rings is 1. The predicted octanol–water partition coefficient (Wildman–Crippen LogP) is 3.90. The fraction of sp³-hybridized carbons (Fsp3) is 0.462. The standard InChI is InChI=1S/C26H30F2N8O/c1-15-13-37-11-10-35(15)22-12-20(32-25(33-22)19-5-9-31-24-18(19)4-8-30-24)23-16(2)34-36(17(23)3)21-6-7-29-14-26(21,27)28/h4-5,8-9,12,15,21,29H,6-7,10-11,13-14H2,1-3H3,(H,30,31)/t15-,21?/m1/s1. The molecule has 37 heavy (non-hydrogen) atoms. The monoisotopic (exact) mass is 508 g/mol. The maximum atomic E-state index is 14.9. The number of pyridine rings is 1. The van der Waals surface area contributed by atoms with Gasteiger partial charge in [0.2, 0.25) is 0 Å². The van der Waals surface area contributed by atoms with E-state index >= 15 is 0 Å². The quantitative estimate of drug-likeness (QED) is 0.432. The summed E-state index contributed by atoms with van der Waals surface area (Å²) in [5, 5.41) is 8.32. The Bertz CT molecular complexity index is 1450. The molecule has 4 aromatic rings. The largest absolute Gasteiger partial charge is 0.377 e. The molecule has 6 rings (SSSR count). The van der Waals surface area contributed by atoms with Gasteiger partial charge in [-0.05, 0) is 45.9 Å². The number of hydrogen-bond donors (Lipinski definition) is 2. The van der Waals surface area contributed by atoms with E-state index < -0.39 is 12.0 Å². The molecule has 2 atom stereocenters. The van der Waals surface area contributed by atoms with Crippen molar-refractivity contribution in [2.45, 2.75) is 45.2 Å². The van der Waals surface area contributed by atoms with Gasteiger partial charge in [-0.3, -0.25) is 4.68 Å². The van der Waals surface area contributed by atoms with Crippen LogP contribution in [0.4, 0.5) is 14.6 Å². The Kier molecular flexibility index (Phi) is 5.91. The topological polar surface area (TPSA) is 96.8 Å².